The van der Waals surface area contributed by atoms with E-state index in [1.165, 1.54) is 4.90 Å². The zero-order valence-corrected chi connectivity index (χ0v) is 13.2. The fraction of sp³-hybridized carbons (Fsp3) is 0.429. The van der Waals surface area contributed by atoms with Gasteiger partial charge in [0.05, 0.1) is 4.47 Å². The van der Waals surface area contributed by atoms with Crippen LogP contribution < -0.4 is 9.47 Å². The molecule has 2 rings (SSSR count). The van der Waals surface area contributed by atoms with Gasteiger partial charge in [0.15, 0.2) is 11.5 Å². The van der Waals surface area contributed by atoms with E-state index >= 15 is 0 Å². The maximum atomic E-state index is 12.3. The number of aliphatic carboxylic acids is 1. The number of fused-ring (bicyclic) bond motifs is 1. The van der Waals surface area contributed by atoms with Crippen molar-refractivity contribution >= 4 is 27.8 Å². The Morgan fingerprint density at radius 3 is 2.76 bits per heavy atom. The smallest absolute Gasteiger partial charge is 0.303 e. The van der Waals surface area contributed by atoms with Gasteiger partial charge in [0.2, 0.25) is 0 Å². The number of hydrogen-bond donors (Lipinski definition) is 1. The van der Waals surface area contributed by atoms with Crippen LogP contribution in [0, 0.1) is 0 Å². The van der Waals surface area contributed by atoms with Gasteiger partial charge in [0, 0.05) is 25.6 Å². The summed E-state index contributed by atoms with van der Waals surface area (Å²) < 4.78 is 11.6. The molecule has 0 saturated heterocycles. The van der Waals surface area contributed by atoms with Crippen LogP contribution in [0.15, 0.2) is 16.6 Å². The molecular weight excluding hydrogens is 342 g/mol. The lowest BCUT2D eigenvalue weighted by Crippen LogP contribution is -2.28. The predicted octanol–water partition coefficient (Wildman–Crippen LogP) is 2.16. The van der Waals surface area contributed by atoms with Gasteiger partial charge in [-0.05, 0) is 34.5 Å². The van der Waals surface area contributed by atoms with E-state index < -0.39 is 5.97 Å². The number of amides is 1. The van der Waals surface area contributed by atoms with Gasteiger partial charge >= 0.3 is 5.97 Å². The van der Waals surface area contributed by atoms with E-state index in [2.05, 4.69) is 15.9 Å². The molecule has 0 spiro atoms. The number of rotatable bonds is 5. The maximum Gasteiger partial charge on any atom is 0.303 e. The summed E-state index contributed by atoms with van der Waals surface area (Å²) in [7, 11) is 1.65. The molecule has 1 aliphatic rings. The summed E-state index contributed by atoms with van der Waals surface area (Å²) in [6, 6.07) is 3.33. The van der Waals surface area contributed by atoms with Gasteiger partial charge in [0.1, 0.15) is 13.2 Å². The number of carbonyl (C=O) groups excluding carboxylic acids is 1. The Labute approximate surface area is 130 Å². The molecule has 1 aliphatic heterocycles. The molecule has 1 amide bonds. The summed E-state index contributed by atoms with van der Waals surface area (Å²) in [5.41, 5.74) is 0.476. The van der Waals surface area contributed by atoms with Crippen LogP contribution in [-0.2, 0) is 4.79 Å². The first-order chi connectivity index (χ1) is 9.99. The molecule has 0 bridgehead atoms. The minimum absolute atomic E-state index is 0.0441. The van der Waals surface area contributed by atoms with Crippen molar-refractivity contribution in [2.45, 2.75) is 12.8 Å². The van der Waals surface area contributed by atoms with Gasteiger partial charge < -0.3 is 19.5 Å². The van der Waals surface area contributed by atoms with Crippen molar-refractivity contribution in [1.29, 1.82) is 0 Å². The van der Waals surface area contributed by atoms with Crippen LogP contribution >= 0.6 is 15.9 Å². The van der Waals surface area contributed by atoms with E-state index in [0.717, 1.165) is 0 Å². The fourth-order valence-electron chi connectivity index (χ4n) is 2.02. The Kier molecular flexibility index (Phi) is 5.06. The lowest BCUT2D eigenvalue weighted by molar-refractivity contribution is -0.137. The topological polar surface area (TPSA) is 76.1 Å². The van der Waals surface area contributed by atoms with Crippen molar-refractivity contribution in [2.24, 2.45) is 0 Å². The molecule has 0 radical (unpaired) electrons. The molecule has 1 aromatic rings. The number of ether oxygens (including phenoxy) is 2. The highest BCUT2D eigenvalue weighted by atomic mass is 79.9. The van der Waals surface area contributed by atoms with Crippen molar-refractivity contribution in [3.63, 3.8) is 0 Å². The average molecular weight is 358 g/mol. The zero-order valence-electron chi connectivity index (χ0n) is 11.6. The number of halogens is 1. The summed E-state index contributed by atoms with van der Waals surface area (Å²) >= 11 is 3.37. The molecule has 0 fully saturated rings. The molecule has 0 aliphatic carbocycles. The first kappa shape index (κ1) is 15.6. The number of carbonyl (C=O) groups is 2. The molecule has 21 heavy (non-hydrogen) atoms. The Morgan fingerprint density at radius 2 is 2.05 bits per heavy atom. The molecule has 0 unspecified atom stereocenters. The van der Waals surface area contributed by atoms with E-state index in [1.807, 2.05) is 0 Å². The van der Waals surface area contributed by atoms with Crippen molar-refractivity contribution in [2.75, 3.05) is 26.8 Å². The summed E-state index contributed by atoms with van der Waals surface area (Å²) in [5.74, 6) is 0.0974. The molecule has 1 N–H and O–H groups in total. The molecule has 1 aromatic carbocycles. The molecule has 0 atom stereocenters. The van der Waals surface area contributed by atoms with Crippen LogP contribution in [0.25, 0.3) is 0 Å². The van der Waals surface area contributed by atoms with Crippen LogP contribution in [0.3, 0.4) is 0 Å². The van der Waals surface area contributed by atoms with Gasteiger partial charge in [-0.1, -0.05) is 0 Å². The van der Waals surface area contributed by atoms with Crippen molar-refractivity contribution in [1.82, 2.24) is 4.90 Å². The van der Waals surface area contributed by atoms with Crippen LogP contribution in [-0.4, -0.2) is 48.7 Å². The first-order valence-corrected chi connectivity index (χ1v) is 7.34. The summed E-state index contributed by atoms with van der Waals surface area (Å²) in [6.45, 7) is 1.32. The molecule has 6 nitrogen and oxygen atoms in total. The molecule has 1 heterocycles. The third-order valence-electron chi connectivity index (χ3n) is 3.07. The standard InChI is InChI=1S/C14H16BrNO5/c1-16(4-2-3-12(17)18)14(19)9-7-10(15)13-11(8-9)20-5-6-21-13/h7-8H,2-6H2,1H3,(H,17,18). The molecule has 0 saturated carbocycles. The SMILES string of the molecule is CN(CCCC(=O)O)C(=O)c1cc(Br)c2c(c1)OCCO2. The second-order valence-electron chi connectivity index (χ2n) is 4.71. The second-order valence-corrected chi connectivity index (χ2v) is 5.56. The number of hydrogen-bond acceptors (Lipinski definition) is 4. The lowest BCUT2D eigenvalue weighted by atomic mass is 10.1. The second kappa shape index (κ2) is 6.80. The van der Waals surface area contributed by atoms with Gasteiger partial charge in [-0.25, -0.2) is 0 Å². The van der Waals surface area contributed by atoms with Crippen molar-refractivity contribution in [3.05, 3.63) is 22.2 Å². The van der Waals surface area contributed by atoms with Gasteiger partial charge in [-0.3, -0.25) is 9.59 Å². The average Bonchev–Trinajstić information content (AvgIpc) is 2.46. The third kappa shape index (κ3) is 3.87. The zero-order chi connectivity index (χ0) is 15.4. The van der Waals surface area contributed by atoms with Gasteiger partial charge in [0.25, 0.3) is 5.91 Å². The third-order valence-corrected chi connectivity index (χ3v) is 3.66. The highest BCUT2D eigenvalue weighted by Crippen LogP contribution is 2.38. The molecule has 0 aromatic heterocycles. The number of carboxylic acid groups (broad SMARTS) is 1. The Hall–Kier alpha value is -1.76. The van der Waals surface area contributed by atoms with Gasteiger partial charge in [-0.15, -0.1) is 0 Å². The number of nitrogens with zero attached hydrogens (tertiary/aromatic N) is 1. The normalized spacial score (nSPS) is 12.9. The highest BCUT2D eigenvalue weighted by Gasteiger charge is 2.20. The Morgan fingerprint density at radius 1 is 1.33 bits per heavy atom. The number of carboxylic acids is 1. The maximum absolute atomic E-state index is 12.3. The molecule has 114 valence electrons. The number of benzene rings is 1. The summed E-state index contributed by atoms with van der Waals surface area (Å²) in [5, 5.41) is 8.61. The molecular formula is C14H16BrNO5. The Bertz CT molecular complexity index is 561. The first-order valence-electron chi connectivity index (χ1n) is 6.55. The molecule has 7 heteroatoms. The Balaban J connectivity index is 2.08. The van der Waals surface area contributed by atoms with Crippen LogP contribution in [0.5, 0.6) is 11.5 Å². The van der Waals surface area contributed by atoms with E-state index in [0.29, 0.717) is 47.7 Å². The van der Waals surface area contributed by atoms with E-state index in [1.54, 1.807) is 19.2 Å². The highest BCUT2D eigenvalue weighted by molar-refractivity contribution is 9.10. The minimum atomic E-state index is -0.863. The van der Waals surface area contributed by atoms with Crippen molar-refractivity contribution in [3.8, 4) is 11.5 Å². The quantitative estimate of drug-likeness (QED) is 0.873. The van der Waals surface area contributed by atoms with E-state index in [-0.39, 0.29) is 12.3 Å². The van der Waals surface area contributed by atoms with Crippen LogP contribution in [0.4, 0.5) is 0 Å². The van der Waals surface area contributed by atoms with Crippen LogP contribution in [0.2, 0.25) is 0 Å². The lowest BCUT2D eigenvalue weighted by Gasteiger charge is -2.22. The van der Waals surface area contributed by atoms with E-state index in [9.17, 15) is 9.59 Å². The minimum Gasteiger partial charge on any atom is -0.486 e. The summed E-state index contributed by atoms with van der Waals surface area (Å²) in [6.07, 6.45) is 0.464. The van der Waals surface area contributed by atoms with Crippen LogP contribution in [0.1, 0.15) is 23.2 Å². The largest absolute Gasteiger partial charge is 0.486 e. The van der Waals surface area contributed by atoms with Gasteiger partial charge in [-0.2, -0.15) is 0 Å². The monoisotopic (exact) mass is 357 g/mol. The van der Waals surface area contributed by atoms with Crippen molar-refractivity contribution < 1.29 is 24.2 Å². The summed E-state index contributed by atoms with van der Waals surface area (Å²) in [4.78, 5) is 24.3. The van der Waals surface area contributed by atoms with E-state index in [4.69, 9.17) is 14.6 Å². The fourth-order valence-corrected chi connectivity index (χ4v) is 2.58. The predicted molar refractivity (Wildman–Crippen MR) is 79.0 cm³/mol.